The second-order valence-electron chi connectivity index (χ2n) is 8.41. The number of amides is 2. The van der Waals surface area contributed by atoms with Crippen molar-refractivity contribution in [2.45, 2.75) is 39.7 Å². The molecule has 0 spiro atoms. The highest BCUT2D eigenvalue weighted by Gasteiger charge is 2.28. The van der Waals surface area contributed by atoms with E-state index in [0.29, 0.717) is 12.4 Å². The first-order valence-corrected chi connectivity index (χ1v) is 11.0. The lowest BCUT2D eigenvalue weighted by Gasteiger charge is -2.32. The molecule has 0 saturated carbocycles. The topological polar surface area (TPSA) is 94.2 Å². The molecule has 0 bridgehead atoms. The zero-order valence-electron chi connectivity index (χ0n) is 18.3. The summed E-state index contributed by atoms with van der Waals surface area (Å²) in [7, 11) is 0. The molecule has 0 fully saturated rings. The van der Waals surface area contributed by atoms with E-state index in [1.165, 1.54) is 12.5 Å². The molecule has 2 aliphatic heterocycles. The van der Waals surface area contributed by atoms with Gasteiger partial charge in [0.25, 0.3) is 0 Å². The molecule has 8 nitrogen and oxygen atoms in total. The summed E-state index contributed by atoms with van der Waals surface area (Å²) in [5.74, 6) is 1.45. The molecule has 0 unspecified atom stereocenters. The molecule has 5 rings (SSSR count). The van der Waals surface area contributed by atoms with Crippen LogP contribution in [-0.4, -0.2) is 45.0 Å². The number of nitrogens with one attached hydrogen (secondary N) is 2. The largest absolute Gasteiger partial charge is 0.338 e. The van der Waals surface area contributed by atoms with Gasteiger partial charge < -0.3 is 15.1 Å². The molecular weight excluding hydrogens is 404 g/mol. The van der Waals surface area contributed by atoms with Gasteiger partial charge in [0.05, 0.1) is 6.54 Å². The van der Waals surface area contributed by atoms with Gasteiger partial charge in [-0.3, -0.25) is 14.7 Å². The highest BCUT2D eigenvalue weighted by Crippen LogP contribution is 2.38. The number of aromatic nitrogens is 3. The number of hydrogen-bond acceptors (Lipinski definition) is 5. The fourth-order valence-electron chi connectivity index (χ4n) is 4.59. The highest BCUT2D eigenvalue weighted by molar-refractivity contribution is 5.87. The van der Waals surface area contributed by atoms with E-state index < -0.39 is 0 Å². The van der Waals surface area contributed by atoms with E-state index in [1.54, 1.807) is 13.1 Å². The quantitative estimate of drug-likeness (QED) is 0.664. The van der Waals surface area contributed by atoms with Crippen molar-refractivity contribution in [3.05, 3.63) is 53.3 Å². The van der Waals surface area contributed by atoms with Crippen LogP contribution in [0.2, 0.25) is 0 Å². The van der Waals surface area contributed by atoms with Crippen molar-refractivity contribution in [3.63, 3.8) is 0 Å². The number of nitrogens with zero attached hydrogens (tertiary/aromatic N) is 4. The van der Waals surface area contributed by atoms with Gasteiger partial charge in [0.2, 0.25) is 11.8 Å². The second-order valence-corrected chi connectivity index (χ2v) is 8.41. The molecule has 164 valence electrons. The van der Waals surface area contributed by atoms with Crippen LogP contribution in [0.15, 0.2) is 36.5 Å². The Labute approximate surface area is 186 Å². The third kappa shape index (κ3) is 3.72. The predicted molar refractivity (Wildman–Crippen MR) is 123 cm³/mol. The number of aromatic amines is 1. The van der Waals surface area contributed by atoms with Gasteiger partial charge in [-0.25, -0.2) is 4.98 Å². The first kappa shape index (κ1) is 20.2. The van der Waals surface area contributed by atoms with Crippen LogP contribution < -0.4 is 10.2 Å². The van der Waals surface area contributed by atoms with Crippen molar-refractivity contribution in [2.24, 2.45) is 0 Å². The van der Waals surface area contributed by atoms with Crippen molar-refractivity contribution in [2.75, 3.05) is 23.3 Å². The SMILES string of the molecule is CC(=O)Nc1ccc(-c2ccc3c(c2)CCCN3c2n[nH]c3c2CN(C(C)=O)CC3)cn1. The standard InChI is InChI=1S/C24H26N6O2/c1-15(31)26-23-8-6-19(13-25-23)17-5-7-22-18(12-17)4-3-10-30(22)24-20-14-29(16(2)32)11-9-21(20)27-28-24/h5-8,12-13H,3-4,9-11,14H2,1-2H3,(H,27,28)(H,25,26,31). The summed E-state index contributed by atoms with van der Waals surface area (Å²) in [4.78, 5) is 31.6. The van der Waals surface area contributed by atoms with Crippen LogP contribution in [0.25, 0.3) is 11.1 Å². The van der Waals surface area contributed by atoms with Gasteiger partial charge in [0.15, 0.2) is 5.82 Å². The second kappa shape index (κ2) is 8.11. The van der Waals surface area contributed by atoms with Gasteiger partial charge in [0.1, 0.15) is 5.82 Å². The maximum atomic E-state index is 11.9. The van der Waals surface area contributed by atoms with Crippen LogP contribution >= 0.6 is 0 Å². The van der Waals surface area contributed by atoms with Crippen molar-refractivity contribution in [1.82, 2.24) is 20.1 Å². The Morgan fingerprint density at radius 2 is 1.91 bits per heavy atom. The third-order valence-electron chi connectivity index (χ3n) is 6.21. The lowest BCUT2D eigenvalue weighted by Crippen LogP contribution is -2.35. The number of H-pyrrole nitrogens is 1. The first-order chi connectivity index (χ1) is 15.5. The predicted octanol–water partition coefficient (Wildman–Crippen LogP) is 3.42. The van der Waals surface area contributed by atoms with Crippen LogP contribution in [0.3, 0.4) is 0 Å². The number of fused-ring (bicyclic) bond motifs is 2. The number of benzene rings is 1. The van der Waals surface area contributed by atoms with Crippen LogP contribution in [0.5, 0.6) is 0 Å². The third-order valence-corrected chi connectivity index (χ3v) is 6.21. The normalized spacial score (nSPS) is 15.2. The molecule has 1 aromatic carbocycles. The number of carbonyl (C=O) groups excluding carboxylic acids is 2. The number of aryl methyl sites for hydroxylation is 1. The fourth-order valence-corrected chi connectivity index (χ4v) is 4.59. The number of carbonyl (C=O) groups is 2. The monoisotopic (exact) mass is 430 g/mol. The Hall–Kier alpha value is -3.68. The first-order valence-electron chi connectivity index (χ1n) is 11.0. The molecule has 2 N–H and O–H groups in total. The minimum atomic E-state index is -0.133. The van der Waals surface area contributed by atoms with Crippen molar-refractivity contribution >= 4 is 29.1 Å². The summed E-state index contributed by atoms with van der Waals surface area (Å²) < 4.78 is 0. The van der Waals surface area contributed by atoms with Crippen LogP contribution in [0.1, 0.15) is 37.1 Å². The van der Waals surface area contributed by atoms with Gasteiger partial charge in [-0.05, 0) is 48.2 Å². The molecule has 2 amide bonds. The summed E-state index contributed by atoms with van der Waals surface area (Å²) in [6.45, 7) is 5.33. The number of pyridine rings is 1. The Bertz CT molecular complexity index is 1180. The summed E-state index contributed by atoms with van der Waals surface area (Å²) in [6.07, 6.45) is 4.63. The number of rotatable bonds is 3. The Balaban J connectivity index is 1.44. The van der Waals surface area contributed by atoms with Gasteiger partial charge in [-0.2, -0.15) is 5.10 Å². The van der Waals surface area contributed by atoms with E-state index in [2.05, 4.69) is 43.6 Å². The zero-order valence-corrected chi connectivity index (χ0v) is 18.3. The van der Waals surface area contributed by atoms with Crippen LogP contribution in [0, 0.1) is 0 Å². The van der Waals surface area contributed by atoms with Gasteiger partial charge in [-0.1, -0.05) is 6.07 Å². The number of anilines is 3. The molecule has 8 heteroatoms. The van der Waals surface area contributed by atoms with E-state index in [0.717, 1.165) is 66.2 Å². The molecular formula is C24H26N6O2. The van der Waals surface area contributed by atoms with E-state index >= 15 is 0 Å². The summed E-state index contributed by atoms with van der Waals surface area (Å²) in [5, 5.41) is 10.5. The molecule has 0 atom stereocenters. The maximum Gasteiger partial charge on any atom is 0.222 e. The van der Waals surface area contributed by atoms with Crippen molar-refractivity contribution in [3.8, 4) is 11.1 Å². The maximum absolute atomic E-state index is 11.9. The zero-order chi connectivity index (χ0) is 22.2. The van der Waals surface area contributed by atoms with Crippen LogP contribution in [-0.2, 0) is 29.0 Å². The molecule has 0 radical (unpaired) electrons. The van der Waals surface area contributed by atoms with E-state index in [-0.39, 0.29) is 11.8 Å². The number of hydrogen-bond donors (Lipinski definition) is 2. The minimum absolute atomic E-state index is 0.101. The summed E-state index contributed by atoms with van der Waals surface area (Å²) in [6, 6.07) is 10.3. The Morgan fingerprint density at radius 1 is 1.06 bits per heavy atom. The van der Waals surface area contributed by atoms with Crippen LogP contribution in [0.4, 0.5) is 17.3 Å². The van der Waals surface area contributed by atoms with Crippen molar-refractivity contribution < 1.29 is 9.59 Å². The average Bonchev–Trinajstić information content (AvgIpc) is 3.21. The van der Waals surface area contributed by atoms with Gasteiger partial charge in [-0.15, -0.1) is 0 Å². The van der Waals surface area contributed by atoms with Gasteiger partial charge >= 0.3 is 0 Å². The summed E-state index contributed by atoms with van der Waals surface area (Å²) in [5.41, 5.74) is 6.80. The average molecular weight is 431 g/mol. The smallest absolute Gasteiger partial charge is 0.222 e. The molecule has 3 aromatic rings. The molecule has 2 aliphatic rings. The van der Waals surface area contributed by atoms with Gasteiger partial charge in [0, 0.05) is 62.1 Å². The molecule has 0 saturated heterocycles. The minimum Gasteiger partial charge on any atom is -0.338 e. The molecule has 2 aromatic heterocycles. The lowest BCUT2D eigenvalue weighted by molar-refractivity contribution is -0.129. The molecule has 32 heavy (non-hydrogen) atoms. The molecule has 0 aliphatic carbocycles. The summed E-state index contributed by atoms with van der Waals surface area (Å²) >= 11 is 0. The van der Waals surface area contributed by atoms with E-state index in [1.807, 2.05) is 17.0 Å². The lowest BCUT2D eigenvalue weighted by atomic mass is 9.96. The van der Waals surface area contributed by atoms with E-state index in [4.69, 9.17) is 0 Å². The fraction of sp³-hybridized carbons (Fsp3) is 0.333. The Morgan fingerprint density at radius 3 is 2.66 bits per heavy atom. The Kier molecular flexibility index (Phi) is 5.13. The van der Waals surface area contributed by atoms with Crippen molar-refractivity contribution in [1.29, 1.82) is 0 Å². The molecule has 4 heterocycles. The van der Waals surface area contributed by atoms with E-state index in [9.17, 15) is 9.59 Å². The highest BCUT2D eigenvalue weighted by atomic mass is 16.2.